The zero-order valence-corrected chi connectivity index (χ0v) is 18.3. The van der Waals surface area contributed by atoms with E-state index in [1.807, 2.05) is 13.3 Å². The Balaban J connectivity index is 1.58. The standard InChI is InChI=1S/C27H26N4/c1-27(2,17-29-23-14-19-10-6-5-9-18(19)13-22(23)28-3)26-30-24-15-20-11-7-8-12-21(20)16-25(24)31(26)4/h5-17,28H,1-4H3. The van der Waals surface area contributed by atoms with Gasteiger partial charge in [-0.3, -0.25) is 4.99 Å². The third-order valence-corrected chi connectivity index (χ3v) is 5.98. The molecule has 4 aromatic carbocycles. The number of rotatable bonds is 4. The lowest BCUT2D eigenvalue weighted by Crippen LogP contribution is -2.23. The fraction of sp³-hybridized carbons (Fsp3) is 0.185. The summed E-state index contributed by atoms with van der Waals surface area (Å²) in [6.07, 6.45) is 2.01. The Hall–Kier alpha value is -3.66. The molecule has 0 saturated carbocycles. The molecule has 1 N–H and O–H groups in total. The molecule has 0 aliphatic rings. The highest BCUT2D eigenvalue weighted by atomic mass is 15.1. The van der Waals surface area contributed by atoms with E-state index in [0.717, 1.165) is 28.2 Å². The SMILES string of the molecule is CNc1cc2ccccc2cc1N=CC(C)(C)c1nc2cc3ccccc3cc2n1C. The number of nitrogens with one attached hydrogen (secondary N) is 1. The summed E-state index contributed by atoms with van der Waals surface area (Å²) in [7, 11) is 4.02. The molecule has 0 atom stereocenters. The molecule has 4 nitrogen and oxygen atoms in total. The second kappa shape index (κ2) is 7.24. The van der Waals surface area contributed by atoms with Gasteiger partial charge in [0.05, 0.1) is 27.8 Å². The first-order chi connectivity index (χ1) is 15.0. The average molecular weight is 407 g/mol. The first-order valence-electron chi connectivity index (χ1n) is 10.6. The van der Waals surface area contributed by atoms with Crippen molar-refractivity contribution in [2.24, 2.45) is 12.0 Å². The summed E-state index contributed by atoms with van der Waals surface area (Å²) in [5, 5.41) is 8.10. The first-order valence-corrected chi connectivity index (χ1v) is 10.6. The lowest BCUT2D eigenvalue weighted by molar-refractivity contribution is 0.636. The predicted octanol–water partition coefficient (Wildman–Crippen LogP) is 6.60. The number of nitrogens with zero attached hydrogens (tertiary/aromatic N) is 3. The lowest BCUT2D eigenvalue weighted by atomic mass is 9.94. The fourth-order valence-electron chi connectivity index (χ4n) is 4.28. The molecule has 0 amide bonds. The molecule has 5 rings (SSSR count). The van der Waals surface area contributed by atoms with E-state index < -0.39 is 0 Å². The van der Waals surface area contributed by atoms with Crippen molar-refractivity contribution < 1.29 is 0 Å². The van der Waals surface area contributed by atoms with Crippen molar-refractivity contribution >= 4 is 50.2 Å². The van der Waals surface area contributed by atoms with Crippen LogP contribution in [0.1, 0.15) is 19.7 Å². The van der Waals surface area contributed by atoms with E-state index in [1.54, 1.807) is 0 Å². The van der Waals surface area contributed by atoms with Crippen molar-refractivity contribution in [3.8, 4) is 0 Å². The largest absolute Gasteiger partial charge is 0.386 e. The molecule has 0 aliphatic carbocycles. The molecule has 4 heteroatoms. The van der Waals surface area contributed by atoms with Crippen LogP contribution in [0.5, 0.6) is 0 Å². The van der Waals surface area contributed by atoms with Gasteiger partial charge >= 0.3 is 0 Å². The van der Waals surface area contributed by atoms with Crippen molar-refractivity contribution in [3.05, 3.63) is 78.6 Å². The maximum atomic E-state index is 4.99. The highest BCUT2D eigenvalue weighted by Gasteiger charge is 2.25. The molecule has 0 unspecified atom stereocenters. The summed E-state index contributed by atoms with van der Waals surface area (Å²) >= 11 is 0. The summed E-state index contributed by atoms with van der Waals surface area (Å²) < 4.78 is 2.19. The Morgan fingerprint density at radius 1 is 0.871 bits per heavy atom. The van der Waals surface area contributed by atoms with Gasteiger partial charge in [0.2, 0.25) is 0 Å². The van der Waals surface area contributed by atoms with Crippen molar-refractivity contribution in [3.63, 3.8) is 0 Å². The minimum Gasteiger partial charge on any atom is -0.386 e. The topological polar surface area (TPSA) is 42.2 Å². The summed E-state index contributed by atoms with van der Waals surface area (Å²) in [5.74, 6) is 0.994. The molecule has 1 heterocycles. The minimum absolute atomic E-state index is 0.337. The van der Waals surface area contributed by atoms with Crippen LogP contribution < -0.4 is 5.32 Å². The summed E-state index contributed by atoms with van der Waals surface area (Å²) in [4.78, 5) is 9.90. The second-order valence-electron chi connectivity index (χ2n) is 8.63. The maximum Gasteiger partial charge on any atom is 0.120 e. The Kier molecular flexibility index (Phi) is 4.51. The number of hydrogen-bond donors (Lipinski definition) is 1. The highest BCUT2D eigenvalue weighted by Crippen LogP contribution is 2.32. The second-order valence-corrected chi connectivity index (χ2v) is 8.63. The molecule has 0 aliphatic heterocycles. The van der Waals surface area contributed by atoms with Gasteiger partial charge in [-0.05, 0) is 59.7 Å². The minimum atomic E-state index is -0.337. The predicted molar refractivity (Wildman–Crippen MR) is 133 cm³/mol. The van der Waals surface area contributed by atoms with E-state index in [1.165, 1.54) is 21.5 Å². The van der Waals surface area contributed by atoms with E-state index in [0.29, 0.717) is 0 Å². The van der Waals surface area contributed by atoms with Crippen LogP contribution in [0.4, 0.5) is 11.4 Å². The number of hydrogen-bond acceptors (Lipinski definition) is 3. The van der Waals surface area contributed by atoms with Crippen LogP contribution in [0.2, 0.25) is 0 Å². The molecular formula is C27H26N4. The van der Waals surface area contributed by atoms with Crippen LogP contribution in [0.15, 0.2) is 77.8 Å². The number of benzene rings is 4. The van der Waals surface area contributed by atoms with Gasteiger partial charge in [-0.25, -0.2) is 4.98 Å². The van der Waals surface area contributed by atoms with Gasteiger partial charge in [0.1, 0.15) is 5.82 Å². The fourth-order valence-corrected chi connectivity index (χ4v) is 4.28. The van der Waals surface area contributed by atoms with Crippen LogP contribution in [0, 0.1) is 0 Å². The van der Waals surface area contributed by atoms with Crippen LogP contribution in [0.25, 0.3) is 32.6 Å². The number of aryl methyl sites for hydroxylation is 1. The maximum absolute atomic E-state index is 4.99. The van der Waals surface area contributed by atoms with Crippen molar-refractivity contribution in [2.45, 2.75) is 19.3 Å². The van der Waals surface area contributed by atoms with Gasteiger partial charge in [-0.15, -0.1) is 0 Å². The summed E-state index contributed by atoms with van der Waals surface area (Å²) in [6.45, 7) is 4.33. The molecule has 0 radical (unpaired) electrons. The van der Waals surface area contributed by atoms with Crippen molar-refractivity contribution in [2.75, 3.05) is 12.4 Å². The quantitative estimate of drug-likeness (QED) is 0.342. The zero-order valence-electron chi connectivity index (χ0n) is 18.3. The van der Waals surface area contributed by atoms with Gasteiger partial charge in [-0.2, -0.15) is 0 Å². The number of aliphatic imine (C=N–C) groups is 1. The Labute approximate surface area is 182 Å². The number of fused-ring (bicyclic) bond motifs is 3. The first kappa shape index (κ1) is 19.3. The molecule has 31 heavy (non-hydrogen) atoms. The third-order valence-electron chi connectivity index (χ3n) is 5.98. The smallest absolute Gasteiger partial charge is 0.120 e. The molecule has 154 valence electrons. The molecule has 0 bridgehead atoms. The van der Waals surface area contributed by atoms with E-state index in [9.17, 15) is 0 Å². The summed E-state index contributed by atoms with van der Waals surface area (Å²) in [6, 6.07) is 25.5. The van der Waals surface area contributed by atoms with E-state index in [-0.39, 0.29) is 5.41 Å². The van der Waals surface area contributed by atoms with Crippen LogP contribution in [-0.4, -0.2) is 22.8 Å². The normalized spacial score (nSPS) is 12.4. The molecule has 1 aromatic heterocycles. The Morgan fingerprint density at radius 2 is 1.45 bits per heavy atom. The van der Waals surface area contributed by atoms with Crippen molar-refractivity contribution in [1.82, 2.24) is 9.55 Å². The lowest BCUT2D eigenvalue weighted by Gasteiger charge is -2.19. The van der Waals surface area contributed by atoms with Gasteiger partial charge in [0, 0.05) is 20.3 Å². The number of imidazole rings is 1. The van der Waals surface area contributed by atoms with Gasteiger partial charge in [0.25, 0.3) is 0 Å². The van der Waals surface area contributed by atoms with Gasteiger partial charge in [-0.1, -0.05) is 48.5 Å². The Bertz CT molecular complexity index is 1460. The molecule has 0 saturated heterocycles. The zero-order chi connectivity index (χ0) is 21.6. The molecule has 5 aromatic rings. The highest BCUT2D eigenvalue weighted by molar-refractivity contribution is 5.96. The van der Waals surface area contributed by atoms with E-state index in [2.05, 4.69) is 104 Å². The van der Waals surface area contributed by atoms with Gasteiger partial charge in [0.15, 0.2) is 0 Å². The van der Waals surface area contributed by atoms with Crippen LogP contribution in [0.3, 0.4) is 0 Å². The average Bonchev–Trinajstić information content (AvgIpc) is 3.12. The summed E-state index contributed by atoms with van der Waals surface area (Å²) in [5.41, 5.74) is 3.76. The molecular weight excluding hydrogens is 380 g/mol. The molecule has 0 fully saturated rings. The molecule has 0 spiro atoms. The van der Waals surface area contributed by atoms with Crippen LogP contribution in [-0.2, 0) is 12.5 Å². The van der Waals surface area contributed by atoms with Crippen molar-refractivity contribution in [1.29, 1.82) is 0 Å². The monoisotopic (exact) mass is 406 g/mol. The number of anilines is 1. The van der Waals surface area contributed by atoms with Gasteiger partial charge < -0.3 is 9.88 Å². The Morgan fingerprint density at radius 3 is 2.10 bits per heavy atom. The van der Waals surface area contributed by atoms with E-state index in [4.69, 9.17) is 9.98 Å². The third kappa shape index (κ3) is 3.34. The number of aromatic nitrogens is 2. The van der Waals surface area contributed by atoms with E-state index >= 15 is 0 Å². The van der Waals surface area contributed by atoms with Crippen LogP contribution >= 0.6 is 0 Å².